The monoisotopic (exact) mass is 434 g/mol. The molecule has 1 unspecified atom stereocenters. The van der Waals surface area contributed by atoms with Crippen LogP contribution >= 0.6 is 11.3 Å². The number of carbonyl (C=O) groups is 1. The molecule has 1 aliphatic carbocycles. The number of thiophene rings is 1. The predicted molar refractivity (Wildman–Crippen MR) is 131 cm³/mol. The fraction of sp³-hybridized carbons (Fsp3) is 0.481. The van der Waals surface area contributed by atoms with Crippen molar-refractivity contribution in [3.8, 4) is 6.07 Å². The third-order valence-corrected chi connectivity index (χ3v) is 8.00. The van der Waals surface area contributed by atoms with Crippen molar-refractivity contribution in [2.75, 3.05) is 5.32 Å². The summed E-state index contributed by atoms with van der Waals surface area (Å²) in [4.78, 5) is 13.8. The number of rotatable bonds is 5. The highest BCUT2D eigenvalue weighted by Gasteiger charge is 2.34. The van der Waals surface area contributed by atoms with Crippen LogP contribution in [0.3, 0.4) is 0 Å². The highest BCUT2D eigenvalue weighted by atomic mass is 32.1. The Morgan fingerprint density at radius 3 is 2.48 bits per heavy atom. The Morgan fingerprint density at radius 2 is 1.90 bits per heavy atom. The van der Waals surface area contributed by atoms with Gasteiger partial charge in [0.25, 0.3) is 0 Å². The molecule has 0 radical (unpaired) electrons. The van der Waals surface area contributed by atoms with Gasteiger partial charge in [-0.25, -0.2) is 0 Å². The summed E-state index contributed by atoms with van der Waals surface area (Å²) in [5.41, 5.74) is 4.46. The van der Waals surface area contributed by atoms with Crippen LogP contribution in [0, 0.1) is 22.7 Å². The third-order valence-electron chi connectivity index (χ3n) is 6.83. The lowest BCUT2D eigenvalue weighted by Gasteiger charge is -2.36. The highest BCUT2D eigenvalue weighted by molar-refractivity contribution is 7.16. The van der Waals surface area contributed by atoms with E-state index in [0.29, 0.717) is 21.9 Å². The van der Waals surface area contributed by atoms with Crippen LogP contribution in [0.1, 0.15) is 81.5 Å². The molecule has 1 atom stereocenters. The highest BCUT2D eigenvalue weighted by Crippen LogP contribution is 2.45. The largest absolute Gasteiger partial charge is 0.313 e. The summed E-state index contributed by atoms with van der Waals surface area (Å²) < 4.78 is 0. The van der Waals surface area contributed by atoms with Crippen molar-refractivity contribution < 1.29 is 4.79 Å². The first kappa shape index (κ1) is 23.3. The molecule has 0 spiro atoms. The fourth-order valence-corrected chi connectivity index (χ4v) is 5.45. The molecule has 164 valence electrons. The zero-order valence-electron chi connectivity index (χ0n) is 19.6. The number of anilines is 1. The molecule has 2 aromatic rings. The maximum absolute atomic E-state index is 12.6. The summed E-state index contributed by atoms with van der Waals surface area (Å²) in [5, 5.41) is 13.4. The van der Waals surface area contributed by atoms with E-state index in [2.05, 4.69) is 65.1 Å². The number of benzene rings is 1. The second-order valence-electron chi connectivity index (χ2n) is 10.3. The molecule has 1 amide bonds. The minimum atomic E-state index is -0.194. The zero-order valence-corrected chi connectivity index (χ0v) is 20.5. The van der Waals surface area contributed by atoms with Crippen LogP contribution in [-0.4, -0.2) is 5.91 Å². The summed E-state index contributed by atoms with van der Waals surface area (Å²) in [6.07, 6.45) is 7.55. The Hall–Kier alpha value is -2.38. The summed E-state index contributed by atoms with van der Waals surface area (Å²) in [6.45, 7) is 13.5. The molecule has 1 aromatic carbocycles. The van der Waals surface area contributed by atoms with Crippen LogP contribution in [0.5, 0.6) is 0 Å². The lowest BCUT2D eigenvalue weighted by atomic mass is 9.69. The minimum Gasteiger partial charge on any atom is -0.313 e. The standard InChI is InChI=1S/C27H34N2OS/c1-7-27(5,6)20-13-14-21-22(17-28)25(31-23(21)16-20)29-24(30)15-10-18-8-11-19(12-9-18)26(2,3)4/h8-12,15,20H,7,13-14,16H2,1-6H3,(H,29,30)/b15-10+. The topological polar surface area (TPSA) is 52.9 Å². The quantitative estimate of drug-likeness (QED) is 0.510. The van der Waals surface area contributed by atoms with Gasteiger partial charge in [0.1, 0.15) is 11.1 Å². The molecule has 3 rings (SSSR count). The fourth-order valence-electron chi connectivity index (χ4n) is 4.17. The van der Waals surface area contributed by atoms with E-state index >= 15 is 0 Å². The molecular formula is C27H34N2OS. The van der Waals surface area contributed by atoms with Gasteiger partial charge in [-0.2, -0.15) is 5.26 Å². The lowest BCUT2D eigenvalue weighted by Crippen LogP contribution is -2.28. The van der Waals surface area contributed by atoms with Crippen LogP contribution in [0.15, 0.2) is 30.3 Å². The molecule has 0 saturated carbocycles. The van der Waals surface area contributed by atoms with Crippen molar-refractivity contribution in [2.45, 2.75) is 72.6 Å². The number of amides is 1. The van der Waals surface area contributed by atoms with Gasteiger partial charge >= 0.3 is 0 Å². The van der Waals surface area contributed by atoms with E-state index in [1.807, 2.05) is 18.2 Å². The Balaban J connectivity index is 1.72. The van der Waals surface area contributed by atoms with Gasteiger partial charge in [-0.05, 0) is 58.8 Å². The Morgan fingerprint density at radius 1 is 1.23 bits per heavy atom. The zero-order chi connectivity index (χ0) is 22.8. The van der Waals surface area contributed by atoms with Gasteiger partial charge in [0.05, 0.1) is 5.56 Å². The van der Waals surface area contributed by atoms with Gasteiger partial charge in [-0.1, -0.05) is 72.2 Å². The number of nitriles is 1. The van der Waals surface area contributed by atoms with Crippen molar-refractivity contribution in [2.24, 2.45) is 11.3 Å². The van der Waals surface area contributed by atoms with Crippen LogP contribution in [0.2, 0.25) is 0 Å². The SMILES string of the molecule is CCC(C)(C)C1CCc2c(sc(NC(=O)/C=C/c3ccc(C(C)(C)C)cc3)c2C#N)C1. The number of hydrogen-bond acceptors (Lipinski definition) is 3. The van der Waals surface area contributed by atoms with Gasteiger partial charge in [-0.3, -0.25) is 4.79 Å². The predicted octanol–water partition coefficient (Wildman–Crippen LogP) is 7.11. The van der Waals surface area contributed by atoms with Crippen LogP contribution in [0.4, 0.5) is 5.00 Å². The van der Waals surface area contributed by atoms with Crippen LogP contribution in [-0.2, 0) is 23.1 Å². The van der Waals surface area contributed by atoms with E-state index in [9.17, 15) is 10.1 Å². The maximum atomic E-state index is 12.6. The molecular weight excluding hydrogens is 400 g/mol. The molecule has 3 nitrogen and oxygen atoms in total. The first-order valence-electron chi connectivity index (χ1n) is 11.2. The molecule has 1 N–H and O–H groups in total. The van der Waals surface area contributed by atoms with E-state index in [1.54, 1.807) is 17.4 Å². The molecule has 4 heteroatoms. The van der Waals surface area contributed by atoms with Crippen molar-refractivity contribution in [3.63, 3.8) is 0 Å². The van der Waals surface area contributed by atoms with Gasteiger partial charge in [0, 0.05) is 11.0 Å². The minimum absolute atomic E-state index is 0.108. The molecule has 1 heterocycles. The molecule has 0 saturated heterocycles. The lowest BCUT2D eigenvalue weighted by molar-refractivity contribution is -0.111. The van der Waals surface area contributed by atoms with E-state index < -0.39 is 0 Å². The van der Waals surface area contributed by atoms with Crippen LogP contribution in [0.25, 0.3) is 6.08 Å². The van der Waals surface area contributed by atoms with Gasteiger partial charge < -0.3 is 5.32 Å². The summed E-state index contributed by atoms with van der Waals surface area (Å²) >= 11 is 1.58. The summed E-state index contributed by atoms with van der Waals surface area (Å²) in [6, 6.07) is 10.6. The van der Waals surface area contributed by atoms with Crippen molar-refractivity contribution in [1.29, 1.82) is 5.26 Å². The van der Waals surface area contributed by atoms with Crippen LogP contribution < -0.4 is 5.32 Å². The van der Waals surface area contributed by atoms with E-state index in [-0.39, 0.29) is 11.3 Å². The number of carbonyl (C=O) groups excluding carboxylic acids is 1. The third kappa shape index (κ3) is 5.28. The number of nitrogens with zero attached hydrogens (tertiary/aromatic N) is 1. The molecule has 0 bridgehead atoms. The average Bonchev–Trinajstić information content (AvgIpc) is 3.07. The van der Waals surface area contributed by atoms with Gasteiger partial charge in [-0.15, -0.1) is 11.3 Å². The van der Waals surface area contributed by atoms with E-state index in [1.165, 1.54) is 10.4 Å². The van der Waals surface area contributed by atoms with Crippen molar-refractivity contribution in [1.82, 2.24) is 0 Å². The van der Waals surface area contributed by atoms with E-state index in [4.69, 9.17) is 0 Å². The van der Waals surface area contributed by atoms with Gasteiger partial charge in [0.15, 0.2) is 0 Å². The maximum Gasteiger partial charge on any atom is 0.249 e. The normalized spacial score (nSPS) is 16.7. The summed E-state index contributed by atoms with van der Waals surface area (Å²) in [5.74, 6) is 0.426. The first-order chi connectivity index (χ1) is 14.5. The second-order valence-corrected chi connectivity index (χ2v) is 11.4. The Labute approximate surface area is 191 Å². The molecule has 31 heavy (non-hydrogen) atoms. The van der Waals surface area contributed by atoms with Crippen molar-refractivity contribution in [3.05, 3.63) is 57.5 Å². The number of hydrogen-bond donors (Lipinski definition) is 1. The van der Waals surface area contributed by atoms with Gasteiger partial charge in [0.2, 0.25) is 5.91 Å². The molecule has 0 aliphatic heterocycles. The molecule has 0 fully saturated rings. The summed E-state index contributed by atoms with van der Waals surface area (Å²) in [7, 11) is 0. The number of fused-ring (bicyclic) bond motifs is 1. The van der Waals surface area contributed by atoms with Crippen molar-refractivity contribution >= 4 is 28.3 Å². The number of nitrogens with one attached hydrogen (secondary N) is 1. The van der Waals surface area contributed by atoms with E-state index in [0.717, 1.165) is 36.8 Å². The Bertz CT molecular complexity index is 1010. The molecule has 1 aromatic heterocycles. The smallest absolute Gasteiger partial charge is 0.249 e. The first-order valence-corrected chi connectivity index (χ1v) is 12.0. The second kappa shape index (κ2) is 9.01. The Kier molecular flexibility index (Phi) is 6.76. The molecule has 1 aliphatic rings. The average molecular weight is 435 g/mol.